The van der Waals surface area contributed by atoms with Gasteiger partial charge in [0.1, 0.15) is 0 Å². The highest BCUT2D eigenvalue weighted by Crippen LogP contribution is 1.95. The molecule has 60 valence electrons. The van der Waals surface area contributed by atoms with Gasteiger partial charge in [-0.05, 0) is 13.3 Å². The van der Waals surface area contributed by atoms with E-state index in [4.69, 9.17) is 12.8 Å². The van der Waals surface area contributed by atoms with Crippen molar-refractivity contribution in [2.75, 3.05) is 0 Å². The van der Waals surface area contributed by atoms with Crippen LogP contribution in [0.15, 0.2) is 0 Å². The van der Waals surface area contributed by atoms with Crippen LogP contribution in [0.5, 0.6) is 0 Å². The van der Waals surface area contributed by atoms with Crippen LogP contribution in [0.3, 0.4) is 0 Å². The summed E-state index contributed by atoms with van der Waals surface area (Å²) >= 11 is 0. The first-order valence-electron chi connectivity index (χ1n) is 3.92. The Hall–Kier alpha value is -0.920. The zero-order chi connectivity index (χ0) is 8.69. The fraction of sp³-hybridized carbons (Fsp3) is 0.600. The van der Waals surface area contributed by atoms with Crippen LogP contribution in [0.1, 0.15) is 26.7 Å². The topological polar surface area (TPSA) is 12.0 Å². The van der Waals surface area contributed by atoms with Gasteiger partial charge >= 0.3 is 0 Å². The summed E-state index contributed by atoms with van der Waals surface area (Å²) in [5, 5.41) is 3.14. The Morgan fingerprint density at radius 2 is 2.00 bits per heavy atom. The van der Waals surface area contributed by atoms with E-state index in [2.05, 4.69) is 24.1 Å². The third-order valence-electron chi connectivity index (χ3n) is 1.48. The second kappa shape index (κ2) is 5.83. The van der Waals surface area contributed by atoms with Crippen molar-refractivity contribution in [2.24, 2.45) is 0 Å². The Kier molecular flexibility index (Phi) is 5.35. The molecular weight excluding hydrogens is 134 g/mol. The van der Waals surface area contributed by atoms with Crippen LogP contribution in [-0.4, -0.2) is 12.1 Å². The van der Waals surface area contributed by atoms with E-state index in [1.54, 1.807) is 0 Å². The molecule has 0 saturated heterocycles. The van der Waals surface area contributed by atoms with Crippen LogP contribution in [0, 0.1) is 24.7 Å². The molecule has 0 amide bonds. The molecular formula is C10H15N. The number of hydrogen-bond donors (Lipinski definition) is 1. The maximum atomic E-state index is 5.28. The molecule has 0 aromatic rings. The van der Waals surface area contributed by atoms with E-state index in [0.29, 0.717) is 0 Å². The van der Waals surface area contributed by atoms with Crippen LogP contribution >= 0.6 is 0 Å². The summed E-state index contributed by atoms with van der Waals surface area (Å²) in [5.74, 6) is 5.24. The molecule has 0 radical (unpaired) electrons. The second-order valence-corrected chi connectivity index (χ2v) is 2.56. The molecule has 0 fully saturated rings. The zero-order valence-electron chi connectivity index (χ0n) is 7.22. The quantitative estimate of drug-likeness (QED) is 0.596. The Bertz CT molecular complexity index is 170. The first-order chi connectivity index (χ1) is 5.24. The highest BCUT2D eigenvalue weighted by molar-refractivity contribution is 5.04. The minimum atomic E-state index is 0.0719. The van der Waals surface area contributed by atoms with Crippen molar-refractivity contribution in [2.45, 2.75) is 38.8 Å². The average Bonchev–Trinajstić information content (AvgIpc) is 2.03. The third-order valence-corrected chi connectivity index (χ3v) is 1.48. The number of hydrogen-bond acceptors (Lipinski definition) is 1. The molecule has 0 saturated carbocycles. The number of rotatable bonds is 4. The normalized spacial score (nSPS) is 14.5. The number of terminal acetylenes is 2. The average molecular weight is 149 g/mol. The Morgan fingerprint density at radius 1 is 1.36 bits per heavy atom. The lowest BCUT2D eigenvalue weighted by atomic mass is 10.1. The van der Waals surface area contributed by atoms with E-state index < -0.39 is 0 Å². The minimum absolute atomic E-state index is 0.0719. The molecule has 1 heteroatoms. The summed E-state index contributed by atoms with van der Waals surface area (Å²) in [6, 6.07) is 0.202. The lowest BCUT2D eigenvalue weighted by Crippen LogP contribution is -2.34. The van der Waals surface area contributed by atoms with Gasteiger partial charge in [-0.25, -0.2) is 0 Å². The predicted octanol–water partition coefficient (Wildman–Crippen LogP) is 1.40. The first-order valence-corrected chi connectivity index (χ1v) is 3.92. The van der Waals surface area contributed by atoms with Crippen molar-refractivity contribution >= 4 is 0 Å². The largest absolute Gasteiger partial charge is 0.290 e. The SMILES string of the molecule is C#CC(C)NC(C#C)CCC. The Balaban J connectivity index is 3.72. The summed E-state index contributed by atoms with van der Waals surface area (Å²) in [7, 11) is 0. The van der Waals surface area contributed by atoms with Gasteiger partial charge in [0.05, 0.1) is 12.1 Å². The van der Waals surface area contributed by atoms with Crippen molar-refractivity contribution in [1.29, 1.82) is 0 Å². The molecule has 0 aromatic carbocycles. The van der Waals surface area contributed by atoms with E-state index in [0.717, 1.165) is 12.8 Å². The molecule has 0 heterocycles. The third kappa shape index (κ3) is 4.48. The monoisotopic (exact) mass is 149 g/mol. The molecule has 1 N–H and O–H groups in total. The highest BCUT2D eigenvalue weighted by atomic mass is 14.9. The molecule has 11 heavy (non-hydrogen) atoms. The van der Waals surface area contributed by atoms with Crippen molar-refractivity contribution in [3.05, 3.63) is 0 Å². The molecule has 0 rings (SSSR count). The second-order valence-electron chi connectivity index (χ2n) is 2.56. The molecule has 0 aliphatic carbocycles. The smallest absolute Gasteiger partial charge is 0.0696 e. The lowest BCUT2D eigenvalue weighted by Gasteiger charge is -2.13. The molecule has 0 spiro atoms. The van der Waals surface area contributed by atoms with Gasteiger partial charge in [-0.3, -0.25) is 5.32 Å². The maximum absolute atomic E-state index is 5.28. The highest BCUT2D eigenvalue weighted by Gasteiger charge is 2.04. The Labute approximate surface area is 69.6 Å². The molecule has 0 aliphatic heterocycles. The molecule has 2 atom stereocenters. The fourth-order valence-electron chi connectivity index (χ4n) is 0.853. The number of nitrogens with one attached hydrogen (secondary N) is 1. The van der Waals surface area contributed by atoms with Crippen molar-refractivity contribution in [3.63, 3.8) is 0 Å². The Morgan fingerprint density at radius 3 is 2.36 bits per heavy atom. The van der Waals surface area contributed by atoms with Crippen LogP contribution in [-0.2, 0) is 0 Å². The van der Waals surface area contributed by atoms with Crippen LogP contribution in [0.25, 0.3) is 0 Å². The van der Waals surface area contributed by atoms with E-state index in [1.165, 1.54) is 0 Å². The van der Waals surface area contributed by atoms with Crippen LogP contribution in [0.4, 0.5) is 0 Å². The molecule has 0 aliphatic rings. The van der Waals surface area contributed by atoms with Crippen molar-refractivity contribution < 1.29 is 0 Å². The van der Waals surface area contributed by atoms with E-state index in [9.17, 15) is 0 Å². The molecule has 0 aromatic heterocycles. The summed E-state index contributed by atoms with van der Waals surface area (Å²) in [6.45, 7) is 4.03. The van der Waals surface area contributed by atoms with E-state index >= 15 is 0 Å². The predicted molar refractivity (Wildman–Crippen MR) is 49.0 cm³/mol. The standard InChI is InChI=1S/C10H15N/c1-5-8-10(7-3)11-9(4)6-2/h2-3,9-11H,5,8H2,1,4H3. The lowest BCUT2D eigenvalue weighted by molar-refractivity contribution is 0.540. The molecule has 1 nitrogen and oxygen atoms in total. The maximum Gasteiger partial charge on any atom is 0.0696 e. The van der Waals surface area contributed by atoms with Crippen LogP contribution < -0.4 is 5.32 Å². The van der Waals surface area contributed by atoms with Gasteiger partial charge in [0.25, 0.3) is 0 Å². The summed E-state index contributed by atoms with van der Waals surface area (Å²) < 4.78 is 0. The molecule has 2 unspecified atom stereocenters. The van der Waals surface area contributed by atoms with Gasteiger partial charge in [0, 0.05) is 0 Å². The van der Waals surface area contributed by atoms with Crippen molar-refractivity contribution in [1.82, 2.24) is 5.32 Å². The fourth-order valence-corrected chi connectivity index (χ4v) is 0.853. The van der Waals surface area contributed by atoms with Gasteiger partial charge in [-0.2, -0.15) is 0 Å². The first kappa shape index (κ1) is 10.1. The van der Waals surface area contributed by atoms with Gasteiger partial charge < -0.3 is 0 Å². The minimum Gasteiger partial charge on any atom is -0.290 e. The van der Waals surface area contributed by atoms with Gasteiger partial charge in [-0.15, -0.1) is 12.8 Å². The molecule has 0 bridgehead atoms. The van der Waals surface area contributed by atoms with Gasteiger partial charge in [0.2, 0.25) is 0 Å². The summed E-state index contributed by atoms with van der Waals surface area (Å²) in [4.78, 5) is 0. The van der Waals surface area contributed by atoms with Crippen molar-refractivity contribution in [3.8, 4) is 24.7 Å². The zero-order valence-corrected chi connectivity index (χ0v) is 7.22. The summed E-state index contributed by atoms with van der Waals surface area (Å²) in [5.41, 5.74) is 0. The van der Waals surface area contributed by atoms with E-state index in [1.807, 2.05) is 6.92 Å². The van der Waals surface area contributed by atoms with Crippen LogP contribution in [0.2, 0.25) is 0 Å². The van der Waals surface area contributed by atoms with Gasteiger partial charge in [0.15, 0.2) is 0 Å². The summed E-state index contributed by atoms with van der Waals surface area (Å²) in [6.07, 6.45) is 12.5. The van der Waals surface area contributed by atoms with E-state index in [-0.39, 0.29) is 12.1 Å². The van der Waals surface area contributed by atoms with Gasteiger partial charge in [-0.1, -0.05) is 25.2 Å².